The maximum Gasteiger partial charge on any atom is 0.106 e. The van der Waals surface area contributed by atoms with Crippen LogP contribution in [0.1, 0.15) is 11.7 Å². The molecule has 3 heteroatoms. The fraction of sp³-hybridized carbons (Fsp3) is 0.231. The Morgan fingerprint density at radius 3 is 2.38 bits per heavy atom. The summed E-state index contributed by atoms with van der Waals surface area (Å²) < 4.78 is 0. The Balaban J connectivity index is 2.39. The van der Waals surface area contributed by atoms with Gasteiger partial charge in [0.1, 0.15) is 6.10 Å². The van der Waals surface area contributed by atoms with Crippen LogP contribution in [0.25, 0.3) is 10.8 Å². The van der Waals surface area contributed by atoms with E-state index >= 15 is 0 Å². The van der Waals surface area contributed by atoms with Gasteiger partial charge in [-0.15, -0.1) is 0 Å². The summed E-state index contributed by atoms with van der Waals surface area (Å²) in [5.41, 5.74) is 6.00. The summed E-state index contributed by atoms with van der Waals surface area (Å²) in [6, 6.07) is 13.5. The van der Waals surface area contributed by atoms with E-state index in [-0.39, 0.29) is 6.54 Å². The zero-order valence-electron chi connectivity index (χ0n) is 8.88. The van der Waals surface area contributed by atoms with Crippen LogP contribution in [0.4, 0.5) is 0 Å². The molecule has 2 rings (SSSR count). The molecule has 2 unspecified atom stereocenters. The zero-order valence-corrected chi connectivity index (χ0v) is 8.88. The molecular formula is C13H15NO2. The Bertz CT molecular complexity index is 484. The standard InChI is InChI=1S/C13H15NO2/c14-8-12(15)13(16)11-6-5-9-3-1-2-4-10(9)7-11/h1-7,12-13,15-16H,8,14H2. The van der Waals surface area contributed by atoms with Gasteiger partial charge in [-0.2, -0.15) is 0 Å². The highest BCUT2D eigenvalue weighted by atomic mass is 16.3. The molecule has 0 bridgehead atoms. The van der Waals surface area contributed by atoms with Crippen LogP contribution >= 0.6 is 0 Å². The number of hydrogen-bond donors (Lipinski definition) is 3. The second kappa shape index (κ2) is 4.61. The predicted octanol–water partition coefficient (Wildman–Crippen LogP) is 1.19. The van der Waals surface area contributed by atoms with Crippen molar-refractivity contribution in [2.75, 3.05) is 6.54 Å². The first-order chi connectivity index (χ1) is 7.72. The smallest absolute Gasteiger partial charge is 0.106 e. The maximum absolute atomic E-state index is 9.82. The van der Waals surface area contributed by atoms with Crippen LogP contribution in [0.5, 0.6) is 0 Å². The third-order valence-corrected chi connectivity index (χ3v) is 2.72. The topological polar surface area (TPSA) is 66.5 Å². The van der Waals surface area contributed by atoms with Gasteiger partial charge in [0.2, 0.25) is 0 Å². The van der Waals surface area contributed by atoms with Crippen molar-refractivity contribution in [2.24, 2.45) is 5.73 Å². The average Bonchev–Trinajstić information content (AvgIpc) is 2.36. The molecule has 0 amide bonds. The number of hydrogen-bond acceptors (Lipinski definition) is 3. The number of aliphatic hydroxyl groups is 2. The predicted molar refractivity (Wildman–Crippen MR) is 64.0 cm³/mol. The van der Waals surface area contributed by atoms with Crippen molar-refractivity contribution >= 4 is 10.8 Å². The SMILES string of the molecule is NCC(O)C(O)c1ccc2ccccc2c1. The number of rotatable bonds is 3. The van der Waals surface area contributed by atoms with Gasteiger partial charge < -0.3 is 15.9 Å². The third kappa shape index (κ3) is 2.07. The van der Waals surface area contributed by atoms with Gasteiger partial charge in [-0.25, -0.2) is 0 Å². The lowest BCUT2D eigenvalue weighted by Gasteiger charge is -2.16. The zero-order chi connectivity index (χ0) is 11.5. The van der Waals surface area contributed by atoms with Crippen LogP contribution < -0.4 is 5.73 Å². The first-order valence-corrected chi connectivity index (χ1v) is 5.27. The number of nitrogens with two attached hydrogens (primary N) is 1. The van der Waals surface area contributed by atoms with Gasteiger partial charge in [-0.3, -0.25) is 0 Å². The summed E-state index contributed by atoms with van der Waals surface area (Å²) in [5.74, 6) is 0. The van der Waals surface area contributed by atoms with E-state index in [0.29, 0.717) is 5.56 Å². The fourth-order valence-electron chi connectivity index (χ4n) is 1.74. The molecule has 2 aromatic carbocycles. The quantitative estimate of drug-likeness (QED) is 0.723. The van der Waals surface area contributed by atoms with Gasteiger partial charge in [0.15, 0.2) is 0 Å². The molecule has 0 aliphatic carbocycles. The maximum atomic E-state index is 9.82. The first-order valence-electron chi connectivity index (χ1n) is 5.27. The number of fused-ring (bicyclic) bond motifs is 1. The molecular weight excluding hydrogens is 202 g/mol. The highest BCUT2D eigenvalue weighted by Crippen LogP contribution is 2.22. The lowest BCUT2D eigenvalue weighted by Crippen LogP contribution is -2.27. The second-order valence-corrected chi connectivity index (χ2v) is 3.85. The van der Waals surface area contributed by atoms with Crippen LogP contribution in [-0.2, 0) is 0 Å². The molecule has 2 atom stereocenters. The van der Waals surface area contributed by atoms with Crippen LogP contribution in [0.3, 0.4) is 0 Å². The van der Waals surface area contributed by atoms with Gasteiger partial charge >= 0.3 is 0 Å². The van der Waals surface area contributed by atoms with E-state index in [2.05, 4.69) is 0 Å². The number of aliphatic hydroxyl groups excluding tert-OH is 2. The van der Waals surface area contributed by atoms with Crippen molar-refractivity contribution in [3.05, 3.63) is 48.0 Å². The Kier molecular flexibility index (Phi) is 3.19. The molecule has 4 N–H and O–H groups in total. The van der Waals surface area contributed by atoms with E-state index in [9.17, 15) is 10.2 Å². The van der Waals surface area contributed by atoms with Gasteiger partial charge in [0.25, 0.3) is 0 Å². The molecule has 16 heavy (non-hydrogen) atoms. The van der Waals surface area contributed by atoms with Crippen LogP contribution in [0.2, 0.25) is 0 Å². The third-order valence-electron chi connectivity index (χ3n) is 2.72. The van der Waals surface area contributed by atoms with Crippen molar-refractivity contribution in [2.45, 2.75) is 12.2 Å². The van der Waals surface area contributed by atoms with E-state index < -0.39 is 12.2 Å². The lowest BCUT2D eigenvalue weighted by molar-refractivity contribution is 0.0244. The highest BCUT2D eigenvalue weighted by molar-refractivity contribution is 5.83. The molecule has 2 aromatic rings. The highest BCUT2D eigenvalue weighted by Gasteiger charge is 2.16. The van der Waals surface area contributed by atoms with Crippen molar-refractivity contribution in [1.82, 2.24) is 0 Å². The van der Waals surface area contributed by atoms with Crippen molar-refractivity contribution in [1.29, 1.82) is 0 Å². The van der Waals surface area contributed by atoms with Crippen LogP contribution in [0.15, 0.2) is 42.5 Å². The minimum atomic E-state index is -0.922. The summed E-state index contributed by atoms with van der Waals surface area (Å²) >= 11 is 0. The molecule has 0 heterocycles. The molecule has 0 aliphatic rings. The van der Waals surface area contributed by atoms with Crippen molar-refractivity contribution < 1.29 is 10.2 Å². The van der Waals surface area contributed by atoms with E-state index in [4.69, 9.17) is 5.73 Å². The molecule has 0 saturated heterocycles. The van der Waals surface area contributed by atoms with E-state index in [1.165, 1.54) is 0 Å². The van der Waals surface area contributed by atoms with Gasteiger partial charge in [-0.1, -0.05) is 36.4 Å². The summed E-state index contributed by atoms with van der Waals surface area (Å²) in [7, 11) is 0. The lowest BCUT2D eigenvalue weighted by atomic mass is 10.0. The molecule has 0 saturated carbocycles. The average molecular weight is 217 g/mol. The Hall–Kier alpha value is -1.42. The molecule has 0 radical (unpaired) electrons. The Morgan fingerprint density at radius 2 is 1.69 bits per heavy atom. The Labute approximate surface area is 94.1 Å². The van der Waals surface area contributed by atoms with Crippen molar-refractivity contribution in [3.8, 4) is 0 Å². The van der Waals surface area contributed by atoms with E-state index in [1.807, 2.05) is 42.5 Å². The molecule has 84 valence electrons. The summed E-state index contributed by atoms with van der Waals surface area (Å²) in [6.07, 6.45) is -1.84. The van der Waals surface area contributed by atoms with E-state index in [0.717, 1.165) is 10.8 Å². The van der Waals surface area contributed by atoms with Crippen LogP contribution in [0, 0.1) is 0 Å². The molecule has 0 fully saturated rings. The first kappa shape index (κ1) is 11.1. The van der Waals surface area contributed by atoms with Gasteiger partial charge in [0, 0.05) is 6.54 Å². The fourth-order valence-corrected chi connectivity index (χ4v) is 1.74. The van der Waals surface area contributed by atoms with Crippen LogP contribution in [-0.4, -0.2) is 22.9 Å². The number of benzene rings is 2. The molecule has 0 aliphatic heterocycles. The van der Waals surface area contributed by atoms with E-state index in [1.54, 1.807) is 0 Å². The van der Waals surface area contributed by atoms with Crippen molar-refractivity contribution in [3.63, 3.8) is 0 Å². The normalized spacial score (nSPS) is 14.9. The van der Waals surface area contributed by atoms with Gasteiger partial charge in [-0.05, 0) is 22.4 Å². The van der Waals surface area contributed by atoms with Gasteiger partial charge in [0.05, 0.1) is 6.10 Å². The summed E-state index contributed by atoms with van der Waals surface area (Å²) in [5, 5.41) is 21.5. The summed E-state index contributed by atoms with van der Waals surface area (Å²) in [6.45, 7) is 0.0496. The molecule has 3 nitrogen and oxygen atoms in total. The minimum absolute atomic E-state index is 0.0496. The molecule has 0 spiro atoms. The second-order valence-electron chi connectivity index (χ2n) is 3.85. The summed E-state index contributed by atoms with van der Waals surface area (Å²) in [4.78, 5) is 0. The largest absolute Gasteiger partial charge is 0.389 e. The molecule has 0 aromatic heterocycles. The minimum Gasteiger partial charge on any atom is -0.389 e. The monoisotopic (exact) mass is 217 g/mol. The Morgan fingerprint density at radius 1 is 1.00 bits per heavy atom.